The molecule has 4 rings (SSSR count). The summed E-state index contributed by atoms with van der Waals surface area (Å²) >= 11 is 3.58. The minimum Gasteiger partial charge on any atom is -0.748 e. The standard InChI is InChI=1S/C20H20FN3O7S5/c1-31-12-4-5-15-13(8-12)24(11-17(25)22-35(2,26)27)19(32-15)10-18-23(6-3-7-36(28,29)30)14-9-16(21)33-20(14)34-18/h4-5,8-10H,3,6-7,11H2,1-2H3,(H-,22,25,28,29,30). The number of benzene rings is 1. The van der Waals surface area contributed by atoms with Gasteiger partial charge in [0.25, 0.3) is 10.9 Å². The number of ether oxygens (including phenoxy) is 1. The van der Waals surface area contributed by atoms with E-state index in [0.29, 0.717) is 31.2 Å². The molecule has 0 saturated carbocycles. The van der Waals surface area contributed by atoms with Crippen molar-refractivity contribution in [2.45, 2.75) is 17.2 Å². The summed E-state index contributed by atoms with van der Waals surface area (Å²) in [7, 11) is -6.66. The number of aromatic nitrogens is 1. The molecule has 36 heavy (non-hydrogen) atoms. The number of methoxy groups -OCH3 is 1. The average Bonchev–Trinajstić information content (AvgIpc) is 3.37. The number of fused-ring (bicyclic) bond motifs is 2. The molecule has 0 aliphatic carbocycles. The zero-order chi connectivity index (χ0) is 26.3. The number of halogens is 1. The Morgan fingerprint density at radius 2 is 2.00 bits per heavy atom. The van der Waals surface area contributed by atoms with Gasteiger partial charge >= 0.3 is 0 Å². The number of nitrogens with zero attached hydrogens (tertiary/aromatic N) is 2. The number of thiazole rings is 1. The molecule has 0 fully saturated rings. The minimum atomic E-state index is -4.41. The summed E-state index contributed by atoms with van der Waals surface area (Å²) in [6, 6.07) is 6.66. The number of anilines is 1. The fourth-order valence-corrected chi connectivity index (χ4v) is 7.90. The van der Waals surface area contributed by atoms with E-state index in [-0.39, 0.29) is 19.5 Å². The van der Waals surface area contributed by atoms with Crippen molar-refractivity contribution in [3.8, 4) is 5.75 Å². The van der Waals surface area contributed by atoms with Crippen molar-refractivity contribution >= 4 is 82.5 Å². The maximum absolute atomic E-state index is 13.9. The molecule has 3 aromatic rings. The highest BCUT2D eigenvalue weighted by Gasteiger charge is 2.31. The first-order valence-corrected chi connectivity index (χ1v) is 16.2. The molecule has 3 heterocycles. The summed E-state index contributed by atoms with van der Waals surface area (Å²) in [6.45, 7) is -0.133. The lowest BCUT2D eigenvalue weighted by Crippen LogP contribution is -2.45. The Labute approximate surface area is 219 Å². The molecule has 1 aliphatic rings. The lowest BCUT2D eigenvalue weighted by atomic mass is 10.3. The maximum Gasteiger partial charge on any atom is 0.299 e. The van der Waals surface area contributed by atoms with E-state index in [9.17, 15) is 30.6 Å². The number of hydrogen-bond donors (Lipinski definition) is 1. The lowest BCUT2D eigenvalue weighted by molar-refractivity contribution is -0.655. The summed E-state index contributed by atoms with van der Waals surface area (Å²) in [6.07, 6.45) is 2.70. The number of carbonyl (C=O) groups is 1. The van der Waals surface area contributed by atoms with Gasteiger partial charge in [-0.2, -0.15) is 8.96 Å². The number of hydrogen-bond acceptors (Lipinski definition) is 11. The van der Waals surface area contributed by atoms with Crippen LogP contribution >= 0.6 is 34.4 Å². The molecule has 0 saturated heterocycles. The van der Waals surface area contributed by atoms with Crippen molar-refractivity contribution in [1.82, 2.24) is 4.72 Å². The third kappa shape index (κ3) is 6.36. The van der Waals surface area contributed by atoms with Gasteiger partial charge in [0.15, 0.2) is 5.13 Å². The quantitative estimate of drug-likeness (QED) is 0.293. The number of sulfonamides is 1. The van der Waals surface area contributed by atoms with Gasteiger partial charge in [0.05, 0.1) is 50.6 Å². The van der Waals surface area contributed by atoms with Crippen LogP contribution < -0.4 is 18.9 Å². The molecule has 1 amide bonds. The van der Waals surface area contributed by atoms with Crippen molar-refractivity contribution in [2.24, 2.45) is 0 Å². The minimum absolute atomic E-state index is 0.0427. The molecule has 0 atom stereocenters. The normalized spacial score (nSPS) is 15.0. The first-order valence-electron chi connectivity index (χ1n) is 10.2. The number of rotatable bonds is 9. The van der Waals surface area contributed by atoms with Gasteiger partial charge in [-0.1, -0.05) is 34.4 Å². The van der Waals surface area contributed by atoms with E-state index in [1.165, 1.54) is 36.3 Å². The zero-order valence-electron chi connectivity index (χ0n) is 18.9. The molecule has 1 aromatic carbocycles. The molecular weight excluding hydrogens is 574 g/mol. The first-order chi connectivity index (χ1) is 16.8. The van der Waals surface area contributed by atoms with Crippen LogP contribution in [0.5, 0.6) is 5.75 Å². The van der Waals surface area contributed by atoms with Crippen LogP contribution in [0.3, 0.4) is 0 Å². The number of amides is 1. The fraction of sp³-hybridized carbons (Fsp3) is 0.300. The molecule has 1 N–H and O–H groups in total. The van der Waals surface area contributed by atoms with E-state index in [1.54, 1.807) is 27.7 Å². The Kier molecular flexibility index (Phi) is 7.64. The first kappa shape index (κ1) is 26.8. The van der Waals surface area contributed by atoms with Crippen molar-refractivity contribution in [3.63, 3.8) is 0 Å². The Balaban J connectivity index is 1.75. The maximum atomic E-state index is 13.9. The van der Waals surface area contributed by atoms with Crippen molar-refractivity contribution in [2.75, 3.05) is 30.6 Å². The van der Waals surface area contributed by atoms with E-state index in [0.717, 1.165) is 22.3 Å². The second-order valence-corrected chi connectivity index (χ2v) is 14.4. The van der Waals surface area contributed by atoms with Crippen LogP contribution in [0.4, 0.5) is 10.1 Å². The Hall–Kier alpha value is -2.24. The summed E-state index contributed by atoms with van der Waals surface area (Å²) in [4.78, 5) is 14.2. The highest BCUT2D eigenvalue weighted by molar-refractivity contribution is 8.05. The van der Waals surface area contributed by atoms with Crippen LogP contribution in [-0.2, 0) is 31.5 Å². The van der Waals surface area contributed by atoms with Crippen LogP contribution in [0.1, 0.15) is 11.4 Å². The van der Waals surface area contributed by atoms with E-state index in [1.807, 2.05) is 10.8 Å². The SMILES string of the molecule is COc1ccc2sc(C=C3Sc4sc(F)cc4N3CCCS(=O)(=O)[O-])[n+](CC(=O)NS(C)(=O)=O)c2c1. The number of thiophene rings is 1. The number of nitrogens with one attached hydrogen (secondary N) is 1. The Bertz CT molecular complexity index is 1580. The Morgan fingerprint density at radius 3 is 2.67 bits per heavy atom. The molecular formula is C20H20FN3O7S5. The monoisotopic (exact) mass is 593 g/mol. The molecule has 0 unspecified atom stereocenters. The fourth-order valence-electron chi connectivity index (χ4n) is 3.57. The van der Waals surface area contributed by atoms with E-state index in [2.05, 4.69) is 0 Å². The highest BCUT2D eigenvalue weighted by Crippen LogP contribution is 2.51. The zero-order valence-corrected chi connectivity index (χ0v) is 23.0. The molecule has 0 spiro atoms. The van der Waals surface area contributed by atoms with E-state index >= 15 is 0 Å². The predicted octanol–water partition coefficient (Wildman–Crippen LogP) is 2.32. The largest absolute Gasteiger partial charge is 0.748 e. The van der Waals surface area contributed by atoms with Crippen LogP contribution in [0.25, 0.3) is 16.3 Å². The second kappa shape index (κ2) is 10.3. The van der Waals surface area contributed by atoms with E-state index in [4.69, 9.17) is 4.74 Å². The van der Waals surface area contributed by atoms with Crippen LogP contribution in [0.2, 0.25) is 0 Å². The predicted molar refractivity (Wildman–Crippen MR) is 136 cm³/mol. The molecule has 194 valence electrons. The summed E-state index contributed by atoms with van der Waals surface area (Å²) in [5.74, 6) is -0.745. The van der Waals surface area contributed by atoms with Crippen molar-refractivity contribution in [3.05, 3.63) is 39.4 Å². The van der Waals surface area contributed by atoms with Crippen LogP contribution in [0.15, 0.2) is 33.5 Å². The second-order valence-electron chi connectivity index (χ2n) is 7.73. The van der Waals surface area contributed by atoms with Gasteiger partial charge in [-0.3, -0.25) is 4.79 Å². The average molecular weight is 594 g/mol. The van der Waals surface area contributed by atoms with Crippen molar-refractivity contribution in [1.29, 1.82) is 0 Å². The highest BCUT2D eigenvalue weighted by atomic mass is 32.2. The van der Waals surface area contributed by atoms with Crippen LogP contribution in [-0.4, -0.2) is 53.0 Å². The Morgan fingerprint density at radius 1 is 1.25 bits per heavy atom. The lowest BCUT2D eigenvalue weighted by Gasteiger charge is -2.19. The smallest absolute Gasteiger partial charge is 0.299 e. The molecule has 2 aromatic heterocycles. The third-order valence-corrected chi connectivity index (χ3v) is 9.61. The van der Waals surface area contributed by atoms with Gasteiger partial charge in [0, 0.05) is 18.4 Å². The molecule has 1 aliphatic heterocycles. The van der Waals surface area contributed by atoms with Gasteiger partial charge in [-0.05, 0) is 18.6 Å². The van der Waals surface area contributed by atoms with Gasteiger partial charge in [-0.15, -0.1) is 0 Å². The molecule has 16 heteroatoms. The van der Waals surface area contributed by atoms with Gasteiger partial charge < -0.3 is 14.2 Å². The topological polar surface area (TPSA) is 137 Å². The van der Waals surface area contributed by atoms with Crippen molar-refractivity contribution < 1.29 is 39.9 Å². The third-order valence-electron chi connectivity index (χ3n) is 4.97. The summed E-state index contributed by atoms with van der Waals surface area (Å²) in [5.41, 5.74) is 1.21. The molecule has 0 radical (unpaired) electrons. The van der Waals surface area contributed by atoms with Crippen LogP contribution in [0, 0.1) is 5.13 Å². The van der Waals surface area contributed by atoms with Gasteiger partial charge in [0.2, 0.25) is 22.1 Å². The summed E-state index contributed by atoms with van der Waals surface area (Å²) < 4.78 is 80.7. The molecule has 0 bridgehead atoms. The van der Waals surface area contributed by atoms with Gasteiger partial charge in [-0.25, -0.2) is 21.6 Å². The summed E-state index contributed by atoms with van der Waals surface area (Å²) in [5, 5.41) is 0.853. The van der Waals surface area contributed by atoms with Gasteiger partial charge in [0.1, 0.15) is 10.4 Å². The number of carbonyl (C=O) groups excluding carboxylic acids is 1. The van der Waals surface area contributed by atoms with E-state index < -0.39 is 36.9 Å². The molecule has 10 nitrogen and oxygen atoms in total. The number of thioether (sulfide) groups is 1.